The van der Waals surface area contributed by atoms with Crippen LogP contribution in [0.3, 0.4) is 0 Å². The van der Waals surface area contributed by atoms with Crippen molar-refractivity contribution in [2.45, 2.75) is 19.8 Å². The zero-order valence-electron chi connectivity index (χ0n) is 5.62. The molecule has 0 unspecified atom stereocenters. The maximum Gasteiger partial charge on any atom is 0.0448 e. The third-order valence-corrected chi connectivity index (χ3v) is 1.24. The molecule has 0 N–H and O–H groups in total. The first-order chi connectivity index (χ1) is 4.57. The van der Waals surface area contributed by atoms with Crippen LogP contribution < -0.4 is 10.2 Å². The molecule has 0 amide bonds. The van der Waals surface area contributed by atoms with Gasteiger partial charge in [-0.2, -0.15) is 0 Å². The number of carboxylic acids is 2. The van der Waals surface area contributed by atoms with E-state index in [1.807, 2.05) is 0 Å². The lowest BCUT2D eigenvalue weighted by molar-refractivity contribution is -0.320. The average Bonchev–Trinajstić information content (AvgIpc) is 1.81. The van der Waals surface area contributed by atoms with E-state index < -0.39 is 24.3 Å². The van der Waals surface area contributed by atoms with Crippen molar-refractivity contribution in [1.82, 2.24) is 0 Å². The van der Waals surface area contributed by atoms with Crippen LogP contribution in [0.4, 0.5) is 0 Å². The molecule has 4 nitrogen and oxygen atoms in total. The van der Waals surface area contributed by atoms with Gasteiger partial charge in [0, 0.05) is 17.9 Å². The van der Waals surface area contributed by atoms with Crippen LogP contribution in [0.5, 0.6) is 0 Å². The van der Waals surface area contributed by atoms with Gasteiger partial charge in [-0.05, 0) is 12.8 Å². The standard InChI is InChI=1S/C6H10O4/c1-2-4(6(9)10)3-5(7)8/h4H,2-3H2,1H3,(H,7,8)(H,9,10)/p-2/t4-/m1/s1. The number of hydrogen-bond acceptors (Lipinski definition) is 4. The maximum absolute atomic E-state index is 10.1. The molecule has 0 aromatic carbocycles. The van der Waals surface area contributed by atoms with Gasteiger partial charge in [0.15, 0.2) is 0 Å². The highest BCUT2D eigenvalue weighted by atomic mass is 16.4. The van der Waals surface area contributed by atoms with Crippen LogP contribution in [0.2, 0.25) is 0 Å². The van der Waals surface area contributed by atoms with E-state index in [4.69, 9.17) is 0 Å². The molecule has 0 aliphatic rings. The number of carboxylic acid groups (broad SMARTS) is 2. The van der Waals surface area contributed by atoms with Crippen LogP contribution in [0.25, 0.3) is 0 Å². The third kappa shape index (κ3) is 3.06. The number of hydrogen-bond donors (Lipinski definition) is 0. The van der Waals surface area contributed by atoms with Gasteiger partial charge in [0.2, 0.25) is 0 Å². The summed E-state index contributed by atoms with van der Waals surface area (Å²) >= 11 is 0. The fraction of sp³-hybridized carbons (Fsp3) is 0.667. The molecule has 0 aromatic heterocycles. The van der Waals surface area contributed by atoms with Gasteiger partial charge < -0.3 is 19.8 Å². The molecule has 0 heterocycles. The molecule has 1 atom stereocenters. The zero-order valence-corrected chi connectivity index (χ0v) is 5.62. The van der Waals surface area contributed by atoms with E-state index in [9.17, 15) is 19.8 Å². The molecule has 4 heteroatoms. The summed E-state index contributed by atoms with van der Waals surface area (Å²) < 4.78 is 0. The molecule has 0 aromatic rings. The van der Waals surface area contributed by atoms with Crippen molar-refractivity contribution in [3.8, 4) is 0 Å². The molecule has 0 fully saturated rings. The minimum absolute atomic E-state index is 0.260. The maximum atomic E-state index is 10.1. The highest BCUT2D eigenvalue weighted by Gasteiger charge is 2.06. The van der Waals surface area contributed by atoms with Gasteiger partial charge in [-0.3, -0.25) is 0 Å². The summed E-state index contributed by atoms with van der Waals surface area (Å²) in [5, 5.41) is 19.9. The molecular weight excluding hydrogens is 136 g/mol. The van der Waals surface area contributed by atoms with Crippen molar-refractivity contribution >= 4 is 11.9 Å². The lowest BCUT2D eigenvalue weighted by Crippen LogP contribution is -2.35. The second-order valence-corrected chi connectivity index (χ2v) is 2.00. The van der Waals surface area contributed by atoms with Gasteiger partial charge in [-0.1, -0.05) is 6.92 Å². The average molecular weight is 144 g/mol. The molecule has 0 radical (unpaired) electrons. The Morgan fingerprint density at radius 1 is 1.40 bits per heavy atom. The molecule has 58 valence electrons. The number of aliphatic carboxylic acids is 2. The highest BCUT2D eigenvalue weighted by molar-refractivity contribution is 5.75. The van der Waals surface area contributed by atoms with Crippen molar-refractivity contribution in [3.63, 3.8) is 0 Å². The van der Waals surface area contributed by atoms with Crippen LogP contribution in [0, 0.1) is 5.92 Å². The van der Waals surface area contributed by atoms with Gasteiger partial charge in [-0.15, -0.1) is 0 Å². The summed E-state index contributed by atoms with van der Waals surface area (Å²) in [6.07, 6.45) is -0.199. The predicted molar refractivity (Wildman–Crippen MR) is 28.4 cm³/mol. The lowest BCUT2D eigenvalue weighted by atomic mass is 10.0. The highest BCUT2D eigenvalue weighted by Crippen LogP contribution is 2.04. The van der Waals surface area contributed by atoms with E-state index in [0.717, 1.165) is 0 Å². The Morgan fingerprint density at radius 3 is 2.00 bits per heavy atom. The van der Waals surface area contributed by atoms with Crippen molar-refractivity contribution in [2.75, 3.05) is 0 Å². The van der Waals surface area contributed by atoms with Crippen molar-refractivity contribution in [3.05, 3.63) is 0 Å². The van der Waals surface area contributed by atoms with Crippen LogP contribution >= 0.6 is 0 Å². The molecule has 0 rings (SSSR count). The van der Waals surface area contributed by atoms with Crippen LogP contribution in [-0.4, -0.2) is 11.9 Å². The Balaban J connectivity index is 3.83. The molecule has 0 bridgehead atoms. The second kappa shape index (κ2) is 3.87. The molecule has 0 aliphatic carbocycles. The lowest BCUT2D eigenvalue weighted by Gasteiger charge is -2.15. The van der Waals surface area contributed by atoms with E-state index in [2.05, 4.69) is 0 Å². The number of carbonyl (C=O) groups excluding carboxylic acids is 2. The van der Waals surface area contributed by atoms with Gasteiger partial charge in [0.25, 0.3) is 0 Å². The van der Waals surface area contributed by atoms with Gasteiger partial charge >= 0.3 is 0 Å². The van der Waals surface area contributed by atoms with Crippen LogP contribution in [-0.2, 0) is 9.59 Å². The van der Waals surface area contributed by atoms with Gasteiger partial charge in [0.05, 0.1) is 0 Å². The van der Waals surface area contributed by atoms with Crippen LogP contribution in [0.15, 0.2) is 0 Å². The summed E-state index contributed by atoms with van der Waals surface area (Å²) in [5.41, 5.74) is 0. The van der Waals surface area contributed by atoms with Gasteiger partial charge in [0.1, 0.15) is 0 Å². The van der Waals surface area contributed by atoms with E-state index in [0.29, 0.717) is 0 Å². The van der Waals surface area contributed by atoms with E-state index in [1.54, 1.807) is 6.92 Å². The van der Waals surface area contributed by atoms with E-state index in [1.165, 1.54) is 0 Å². The van der Waals surface area contributed by atoms with Crippen molar-refractivity contribution in [1.29, 1.82) is 0 Å². The fourth-order valence-corrected chi connectivity index (χ4v) is 0.596. The molecule has 0 saturated carbocycles. The van der Waals surface area contributed by atoms with Crippen molar-refractivity contribution in [2.24, 2.45) is 5.92 Å². The molecular formula is C6H8O4-2. The largest absolute Gasteiger partial charge is 0.550 e. The molecule has 0 aliphatic heterocycles. The quantitative estimate of drug-likeness (QED) is 0.452. The Morgan fingerprint density at radius 2 is 1.90 bits per heavy atom. The first kappa shape index (κ1) is 8.94. The first-order valence-electron chi connectivity index (χ1n) is 2.98. The molecule has 0 saturated heterocycles. The second-order valence-electron chi connectivity index (χ2n) is 2.00. The summed E-state index contributed by atoms with van der Waals surface area (Å²) in [5.74, 6) is -3.59. The Labute approximate surface area is 58.5 Å². The molecule has 10 heavy (non-hydrogen) atoms. The minimum atomic E-state index is -1.35. The normalized spacial score (nSPS) is 12.5. The predicted octanol–water partition coefficient (Wildman–Crippen LogP) is -2.10. The minimum Gasteiger partial charge on any atom is -0.550 e. The first-order valence-corrected chi connectivity index (χ1v) is 2.98. The van der Waals surface area contributed by atoms with Gasteiger partial charge in [-0.25, -0.2) is 0 Å². The topological polar surface area (TPSA) is 80.3 Å². The Hall–Kier alpha value is -1.06. The third-order valence-electron chi connectivity index (χ3n) is 1.24. The van der Waals surface area contributed by atoms with Crippen molar-refractivity contribution < 1.29 is 19.8 Å². The fourth-order valence-electron chi connectivity index (χ4n) is 0.596. The number of rotatable bonds is 4. The summed E-state index contributed by atoms with van der Waals surface area (Å²) in [4.78, 5) is 19.9. The van der Waals surface area contributed by atoms with E-state index in [-0.39, 0.29) is 6.42 Å². The number of carbonyl (C=O) groups is 2. The summed E-state index contributed by atoms with van der Waals surface area (Å²) in [6.45, 7) is 1.59. The van der Waals surface area contributed by atoms with Crippen LogP contribution in [0.1, 0.15) is 19.8 Å². The SMILES string of the molecule is CC[C@H](CC(=O)[O-])C(=O)[O-]. The monoisotopic (exact) mass is 144 g/mol. The Kier molecular flexibility index (Phi) is 3.46. The van der Waals surface area contributed by atoms with E-state index >= 15 is 0 Å². The summed E-state index contributed by atoms with van der Waals surface area (Å²) in [7, 11) is 0. The smallest absolute Gasteiger partial charge is 0.0448 e. The zero-order chi connectivity index (χ0) is 8.15. The summed E-state index contributed by atoms with van der Waals surface area (Å²) in [6, 6.07) is 0. The molecule has 0 spiro atoms. The Bertz CT molecular complexity index is 141.